The molecule has 2 rings (SSSR count). The van der Waals surface area contributed by atoms with Crippen molar-refractivity contribution in [1.29, 1.82) is 5.26 Å². The van der Waals surface area contributed by atoms with E-state index < -0.39 is 11.4 Å². The number of aliphatic carboxylic acids is 1. The zero-order chi connectivity index (χ0) is 13.2. The molecule has 0 saturated carbocycles. The van der Waals surface area contributed by atoms with Crippen LogP contribution in [0.2, 0.25) is 0 Å². The minimum Gasteiger partial charge on any atom is -0.481 e. The first-order valence-corrected chi connectivity index (χ1v) is 5.97. The molecule has 0 radical (unpaired) electrons. The van der Waals surface area contributed by atoms with Gasteiger partial charge in [-0.25, -0.2) is 4.98 Å². The largest absolute Gasteiger partial charge is 0.481 e. The summed E-state index contributed by atoms with van der Waals surface area (Å²) < 4.78 is 0. The molecule has 1 unspecified atom stereocenters. The number of carbonyl (C=O) groups is 1. The number of pyridine rings is 1. The lowest BCUT2D eigenvalue weighted by Crippen LogP contribution is -2.34. The molecule has 5 heteroatoms. The van der Waals surface area contributed by atoms with Gasteiger partial charge in [0.25, 0.3) is 0 Å². The van der Waals surface area contributed by atoms with Crippen LogP contribution in [0.3, 0.4) is 0 Å². The molecule has 1 fully saturated rings. The highest BCUT2D eigenvalue weighted by Crippen LogP contribution is 2.36. The van der Waals surface area contributed by atoms with Gasteiger partial charge in [0.05, 0.1) is 5.41 Å². The van der Waals surface area contributed by atoms with E-state index in [9.17, 15) is 9.90 Å². The zero-order valence-electron chi connectivity index (χ0n) is 10.3. The maximum absolute atomic E-state index is 11.4. The van der Waals surface area contributed by atoms with Gasteiger partial charge >= 0.3 is 5.97 Å². The number of hydrogen-bond donors (Lipinski definition) is 1. The Labute approximate surface area is 106 Å². The van der Waals surface area contributed by atoms with E-state index in [4.69, 9.17) is 5.26 Å². The molecule has 1 N–H and O–H groups in total. The van der Waals surface area contributed by atoms with Gasteiger partial charge in [-0.15, -0.1) is 0 Å². The lowest BCUT2D eigenvalue weighted by atomic mass is 9.84. The Bertz CT molecular complexity index is 509. The molecule has 0 amide bonds. The lowest BCUT2D eigenvalue weighted by Gasteiger charge is -2.23. The van der Waals surface area contributed by atoms with Crippen LogP contribution < -0.4 is 4.90 Å². The molecule has 0 aromatic carbocycles. The highest BCUT2D eigenvalue weighted by molar-refractivity contribution is 5.76. The zero-order valence-corrected chi connectivity index (χ0v) is 10.3. The van der Waals surface area contributed by atoms with E-state index in [0.29, 0.717) is 37.4 Å². The Hall–Kier alpha value is -2.09. The molecule has 1 aromatic rings. The molecule has 94 valence electrons. The third-order valence-corrected chi connectivity index (χ3v) is 3.66. The number of carboxylic acids is 1. The molecule has 18 heavy (non-hydrogen) atoms. The number of nitrogens with zero attached hydrogens (tertiary/aromatic N) is 3. The molecule has 1 saturated heterocycles. The summed E-state index contributed by atoms with van der Waals surface area (Å²) in [5.41, 5.74) is -0.318. The van der Waals surface area contributed by atoms with Crippen molar-refractivity contribution in [3.8, 4) is 6.07 Å². The van der Waals surface area contributed by atoms with Crippen LogP contribution in [-0.2, 0) is 4.79 Å². The Kier molecular flexibility index (Phi) is 3.19. The van der Waals surface area contributed by atoms with E-state index in [1.54, 1.807) is 12.1 Å². The van der Waals surface area contributed by atoms with Gasteiger partial charge in [0, 0.05) is 13.1 Å². The molecular formula is C13H15N3O2. The third kappa shape index (κ3) is 2.02. The highest BCUT2D eigenvalue weighted by atomic mass is 16.4. The first kappa shape index (κ1) is 12.4. The van der Waals surface area contributed by atoms with Crippen LogP contribution >= 0.6 is 0 Å². The Morgan fingerprint density at radius 2 is 2.44 bits per heavy atom. The first-order chi connectivity index (χ1) is 8.61. The normalized spacial score (nSPS) is 22.8. The van der Waals surface area contributed by atoms with E-state index in [1.165, 1.54) is 0 Å². The summed E-state index contributed by atoms with van der Waals surface area (Å²) >= 11 is 0. The van der Waals surface area contributed by atoms with Crippen LogP contribution in [-0.4, -0.2) is 29.1 Å². The van der Waals surface area contributed by atoms with Crippen LogP contribution in [0.15, 0.2) is 18.2 Å². The molecule has 0 bridgehead atoms. The quantitative estimate of drug-likeness (QED) is 0.876. The maximum atomic E-state index is 11.4. The van der Waals surface area contributed by atoms with Crippen molar-refractivity contribution in [3.05, 3.63) is 23.9 Å². The van der Waals surface area contributed by atoms with Crippen LogP contribution in [0.1, 0.15) is 25.5 Å². The number of anilines is 1. The summed E-state index contributed by atoms with van der Waals surface area (Å²) in [6, 6.07) is 7.22. The van der Waals surface area contributed by atoms with E-state index in [0.717, 1.165) is 0 Å². The second-order valence-electron chi connectivity index (χ2n) is 4.60. The minimum absolute atomic E-state index is 0.358. The third-order valence-electron chi connectivity index (χ3n) is 3.66. The minimum atomic E-state index is -0.746. The van der Waals surface area contributed by atoms with Crippen molar-refractivity contribution in [2.45, 2.75) is 19.8 Å². The van der Waals surface area contributed by atoms with Gasteiger partial charge in [-0.3, -0.25) is 4.79 Å². The van der Waals surface area contributed by atoms with Crippen molar-refractivity contribution in [1.82, 2.24) is 4.98 Å². The Balaban J connectivity index is 2.23. The molecule has 1 aliphatic heterocycles. The number of carboxylic acid groups (broad SMARTS) is 1. The first-order valence-electron chi connectivity index (χ1n) is 5.97. The van der Waals surface area contributed by atoms with Crippen molar-refractivity contribution < 1.29 is 9.90 Å². The fourth-order valence-electron chi connectivity index (χ4n) is 2.34. The predicted molar refractivity (Wildman–Crippen MR) is 66.1 cm³/mol. The summed E-state index contributed by atoms with van der Waals surface area (Å²) in [5, 5.41) is 18.1. The van der Waals surface area contributed by atoms with Crippen LogP contribution in [0.5, 0.6) is 0 Å². The standard InChI is InChI=1S/C13H15N3O2/c1-2-13(12(17)18)6-7-16(9-13)11-5-3-4-10(8-14)15-11/h3-5H,2,6-7,9H2,1H3,(H,17,18). The molecule has 2 heterocycles. The molecular weight excluding hydrogens is 230 g/mol. The van der Waals surface area contributed by atoms with Crippen molar-refractivity contribution >= 4 is 11.8 Å². The van der Waals surface area contributed by atoms with Gasteiger partial charge in [-0.1, -0.05) is 13.0 Å². The smallest absolute Gasteiger partial charge is 0.311 e. The summed E-state index contributed by atoms with van der Waals surface area (Å²) in [6.45, 7) is 3.03. The molecule has 0 spiro atoms. The van der Waals surface area contributed by atoms with E-state index in [1.807, 2.05) is 24.0 Å². The van der Waals surface area contributed by atoms with E-state index in [2.05, 4.69) is 4.98 Å². The molecule has 1 atom stereocenters. The van der Waals surface area contributed by atoms with Crippen LogP contribution in [0.25, 0.3) is 0 Å². The van der Waals surface area contributed by atoms with E-state index in [-0.39, 0.29) is 0 Å². The summed E-state index contributed by atoms with van der Waals surface area (Å²) in [6.07, 6.45) is 1.23. The molecule has 1 aliphatic rings. The van der Waals surface area contributed by atoms with Crippen LogP contribution in [0, 0.1) is 16.7 Å². The lowest BCUT2D eigenvalue weighted by molar-refractivity contribution is -0.147. The van der Waals surface area contributed by atoms with Gasteiger partial charge < -0.3 is 10.0 Å². The Morgan fingerprint density at radius 3 is 3.00 bits per heavy atom. The van der Waals surface area contributed by atoms with Gasteiger partial charge in [0.15, 0.2) is 0 Å². The monoisotopic (exact) mass is 245 g/mol. The van der Waals surface area contributed by atoms with Crippen molar-refractivity contribution in [3.63, 3.8) is 0 Å². The molecule has 1 aromatic heterocycles. The maximum Gasteiger partial charge on any atom is 0.311 e. The number of hydrogen-bond acceptors (Lipinski definition) is 4. The SMILES string of the molecule is CCC1(C(=O)O)CCN(c2cccc(C#N)n2)C1. The summed E-state index contributed by atoms with van der Waals surface area (Å²) in [7, 11) is 0. The predicted octanol–water partition coefficient (Wildman–Crippen LogP) is 1.64. The molecule has 0 aliphatic carbocycles. The van der Waals surface area contributed by atoms with Gasteiger partial charge in [-0.2, -0.15) is 5.26 Å². The topological polar surface area (TPSA) is 77.2 Å². The van der Waals surface area contributed by atoms with Gasteiger partial charge in [0.2, 0.25) is 0 Å². The van der Waals surface area contributed by atoms with Crippen LogP contribution in [0.4, 0.5) is 5.82 Å². The number of aromatic nitrogens is 1. The second kappa shape index (κ2) is 4.65. The van der Waals surface area contributed by atoms with Crippen molar-refractivity contribution in [2.75, 3.05) is 18.0 Å². The second-order valence-corrected chi connectivity index (χ2v) is 4.60. The van der Waals surface area contributed by atoms with E-state index >= 15 is 0 Å². The average Bonchev–Trinajstić information content (AvgIpc) is 2.84. The number of nitriles is 1. The van der Waals surface area contributed by atoms with Gasteiger partial charge in [-0.05, 0) is 25.0 Å². The van der Waals surface area contributed by atoms with Gasteiger partial charge in [0.1, 0.15) is 17.6 Å². The average molecular weight is 245 g/mol. The fourth-order valence-corrected chi connectivity index (χ4v) is 2.34. The Morgan fingerprint density at radius 1 is 1.67 bits per heavy atom. The summed E-state index contributed by atoms with van der Waals surface area (Å²) in [5.74, 6) is -0.0606. The van der Waals surface area contributed by atoms with Crippen molar-refractivity contribution in [2.24, 2.45) is 5.41 Å². The highest BCUT2D eigenvalue weighted by Gasteiger charge is 2.43. The molecule has 5 nitrogen and oxygen atoms in total. The fraction of sp³-hybridized carbons (Fsp3) is 0.462. The number of rotatable bonds is 3. The summed E-state index contributed by atoms with van der Waals surface area (Å²) in [4.78, 5) is 17.5.